The standard InChI is InChI=1S/C17H28N2O/c1-12(2)14-9-7-13(8-10-14)11-19-15(20)16(3,4)17(5,6)18/h7-10,12H,11,18H2,1-6H3,(H,19,20). The number of carbonyl (C=O) groups excluding carboxylic acids is 1. The Hall–Kier alpha value is -1.35. The van der Waals surface area contributed by atoms with Gasteiger partial charge in [0.05, 0.1) is 5.41 Å². The van der Waals surface area contributed by atoms with Gasteiger partial charge < -0.3 is 11.1 Å². The lowest BCUT2D eigenvalue weighted by molar-refractivity contribution is -0.132. The smallest absolute Gasteiger partial charge is 0.227 e. The Bertz CT molecular complexity index is 453. The molecule has 0 saturated carbocycles. The Morgan fingerprint density at radius 3 is 2.05 bits per heavy atom. The molecule has 0 unspecified atom stereocenters. The van der Waals surface area contributed by atoms with Crippen molar-refractivity contribution in [1.82, 2.24) is 5.32 Å². The molecule has 0 spiro atoms. The highest BCUT2D eigenvalue weighted by Crippen LogP contribution is 2.28. The molecule has 20 heavy (non-hydrogen) atoms. The molecule has 112 valence electrons. The number of amides is 1. The molecule has 0 heterocycles. The van der Waals surface area contributed by atoms with Gasteiger partial charge in [-0.15, -0.1) is 0 Å². The highest BCUT2D eigenvalue weighted by Gasteiger charge is 2.40. The second-order valence-electron chi connectivity index (χ2n) is 6.93. The van der Waals surface area contributed by atoms with Crippen LogP contribution < -0.4 is 11.1 Å². The van der Waals surface area contributed by atoms with Crippen molar-refractivity contribution in [3.05, 3.63) is 35.4 Å². The number of benzene rings is 1. The van der Waals surface area contributed by atoms with Crippen molar-refractivity contribution in [2.75, 3.05) is 0 Å². The van der Waals surface area contributed by atoms with Crippen LogP contribution in [0.5, 0.6) is 0 Å². The molecule has 3 heteroatoms. The van der Waals surface area contributed by atoms with Crippen molar-refractivity contribution in [3.8, 4) is 0 Å². The highest BCUT2D eigenvalue weighted by molar-refractivity contribution is 5.83. The minimum atomic E-state index is -0.606. The van der Waals surface area contributed by atoms with Gasteiger partial charge in [-0.25, -0.2) is 0 Å². The number of rotatable bonds is 5. The molecule has 1 amide bonds. The van der Waals surface area contributed by atoms with E-state index < -0.39 is 11.0 Å². The molecule has 0 atom stereocenters. The number of nitrogens with two attached hydrogens (primary N) is 1. The van der Waals surface area contributed by atoms with E-state index in [0.29, 0.717) is 12.5 Å². The summed E-state index contributed by atoms with van der Waals surface area (Å²) >= 11 is 0. The summed E-state index contributed by atoms with van der Waals surface area (Å²) in [5.74, 6) is 0.508. The zero-order valence-electron chi connectivity index (χ0n) is 13.6. The molecular weight excluding hydrogens is 248 g/mol. The predicted octanol–water partition coefficient (Wildman–Crippen LogP) is 3.19. The predicted molar refractivity (Wildman–Crippen MR) is 84.4 cm³/mol. The monoisotopic (exact) mass is 276 g/mol. The first kappa shape index (κ1) is 16.7. The zero-order valence-corrected chi connectivity index (χ0v) is 13.6. The topological polar surface area (TPSA) is 55.1 Å². The first-order valence-corrected chi connectivity index (χ1v) is 7.21. The second kappa shape index (κ2) is 5.96. The van der Waals surface area contributed by atoms with Crippen LogP contribution in [0.2, 0.25) is 0 Å². The SMILES string of the molecule is CC(C)c1ccc(CNC(=O)C(C)(C)C(C)(C)N)cc1. The lowest BCUT2D eigenvalue weighted by atomic mass is 9.74. The van der Waals surface area contributed by atoms with Crippen LogP contribution in [0.25, 0.3) is 0 Å². The average molecular weight is 276 g/mol. The van der Waals surface area contributed by atoms with Crippen LogP contribution in [0.15, 0.2) is 24.3 Å². The van der Waals surface area contributed by atoms with Gasteiger partial charge in [0.2, 0.25) is 5.91 Å². The summed E-state index contributed by atoms with van der Waals surface area (Å²) in [5.41, 5.74) is 7.33. The molecule has 0 saturated heterocycles. The minimum Gasteiger partial charge on any atom is -0.352 e. The van der Waals surface area contributed by atoms with Crippen LogP contribution in [0, 0.1) is 5.41 Å². The van der Waals surface area contributed by atoms with Crippen molar-refractivity contribution >= 4 is 5.91 Å². The van der Waals surface area contributed by atoms with Crippen molar-refractivity contribution in [1.29, 1.82) is 0 Å². The third-order valence-corrected chi connectivity index (χ3v) is 4.28. The van der Waals surface area contributed by atoms with Crippen molar-refractivity contribution in [2.24, 2.45) is 11.1 Å². The number of carbonyl (C=O) groups is 1. The van der Waals surface area contributed by atoms with Gasteiger partial charge in [0.25, 0.3) is 0 Å². The summed E-state index contributed by atoms with van der Waals surface area (Å²) in [7, 11) is 0. The van der Waals surface area contributed by atoms with Crippen molar-refractivity contribution < 1.29 is 4.79 Å². The summed E-state index contributed by atoms with van der Waals surface area (Å²) in [6.07, 6.45) is 0. The fraction of sp³-hybridized carbons (Fsp3) is 0.588. The lowest BCUT2D eigenvalue weighted by Gasteiger charge is -2.36. The molecule has 1 rings (SSSR count). The maximum atomic E-state index is 12.3. The van der Waals surface area contributed by atoms with E-state index >= 15 is 0 Å². The van der Waals surface area contributed by atoms with Gasteiger partial charge in [0.15, 0.2) is 0 Å². The summed E-state index contributed by atoms with van der Waals surface area (Å²) in [5, 5.41) is 2.98. The molecule has 0 fully saturated rings. The Morgan fingerprint density at radius 2 is 1.65 bits per heavy atom. The van der Waals surface area contributed by atoms with Crippen molar-refractivity contribution in [3.63, 3.8) is 0 Å². The fourth-order valence-electron chi connectivity index (χ4n) is 1.72. The van der Waals surface area contributed by atoms with E-state index in [2.05, 4.69) is 43.4 Å². The first-order chi connectivity index (χ1) is 9.05. The Labute approximate surface area is 122 Å². The van der Waals surface area contributed by atoms with E-state index in [1.165, 1.54) is 5.56 Å². The largest absolute Gasteiger partial charge is 0.352 e. The van der Waals surface area contributed by atoms with Crippen LogP contribution in [-0.4, -0.2) is 11.4 Å². The molecule has 0 aromatic heterocycles. The van der Waals surface area contributed by atoms with Crippen LogP contribution in [-0.2, 0) is 11.3 Å². The van der Waals surface area contributed by atoms with E-state index in [1.54, 1.807) is 0 Å². The molecule has 0 bridgehead atoms. The number of hydrogen-bond donors (Lipinski definition) is 2. The minimum absolute atomic E-state index is 0.0158. The van der Waals surface area contributed by atoms with Gasteiger partial charge in [-0.1, -0.05) is 38.1 Å². The van der Waals surface area contributed by atoms with E-state index in [0.717, 1.165) is 5.56 Å². The van der Waals surface area contributed by atoms with Crippen LogP contribution >= 0.6 is 0 Å². The van der Waals surface area contributed by atoms with Crippen LogP contribution in [0.3, 0.4) is 0 Å². The quantitative estimate of drug-likeness (QED) is 0.867. The Morgan fingerprint density at radius 1 is 1.15 bits per heavy atom. The van der Waals surface area contributed by atoms with E-state index in [1.807, 2.05) is 27.7 Å². The Balaban J connectivity index is 2.66. The lowest BCUT2D eigenvalue weighted by Crippen LogP contribution is -2.55. The first-order valence-electron chi connectivity index (χ1n) is 7.21. The van der Waals surface area contributed by atoms with E-state index in [4.69, 9.17) is 5.73 Å². The molecule has 0 aliphatic carbocycles. The van der Waals surface area contributed by atoms with Crippen LogP contribution in [0.1, 0.15) is 58.6 Å². The van der Waals surface area contributed by atoms with Gasteiger partial charge in [-0.3, -0.25) is 4.79 Å². The molecule has 0 radical (unpaired) electrons. The average Bonchev–Trinajstić information content (AvgIpc) is 2.34. The third kappa shape index (κ3) is 3.83. The summed E-state index contributed by atoms with van der Waals surface area (Å²) in [6, 6.07) is 8.36. The number of hydrogen-bond acceptors (Lipinski definition) is 2. The summed E-state index contributed by atoms with van der Waals surface area (Å²) < 4.78 is 0. The van der Waals surface area contributed by atoms with Gasteiger partial charge in [0.1, 0.15) is 0 Å². The third-order valence-electron chi connectivity index (χ3n) is 4.28. The molecule has 0 aliphatic heterocycles. The number of nitrogens with one attached hydrogen (secondary N) is 1. The molecule has 1 aromatic carbocycles. The molecule has 0 aliphatic rings. The summed E-state index contributed by atoms with van der Waals surface area (Å²) in [6.45, 7) is 12.4. The second-order valence-corrected chi connectivity index (χ2v) is 6.93. The molecule has 3 N–H and O–H groups in total. The Kier molecular flexibility index (Phi) is 4.98. The maximum absolute atomic E-state index is 12.3. The zero-order chi connectivity index (χ0) is 15.6. The van der Waals surface area contributed by atoms with Gasteiger partial charge >= 0.3 is 0 Å². The van der Waals surface area contributed by atoms with E-state index in [9.17, 15) is 4.79 Å². The summed E-state index contributed by atoms with van der Waals surface area (Å²) in [4.78, 5) is 12.3. The highest BCUT2D eigenvalue weighted by atomic mass is 16.2. The van der Waals surface area contributed by atoms with E-state index in [-0.39, 0.29) is 5.91 Å². The fourth-order valence-corrected chi connectivity index (χ4v) is 1.72. The van der Waals surface area contributed by atoms with Gasteiger partial charge in [0, 0.05) is 12.1 Å². The van der Waals surface area contributed by atoms with Crippen LogP contribution in [0.4, 0.5) is 0 Å². The maximum Gasteiger partial charge on any atom is 0.227 e. The molecule has 1 aromatic rings. The van der Waals surface area contributed by atoms with Gasteiger partial charge in [-0.2, -0.15) is 0 Å². The molecule has 3 nitrogen and oxygen atoms in total. The van der Waals surface area contributed by atoms with Crippen molar-refractivity contribution in [2.45, 2.75) is 59.5 Å². The normalized spacial score (nSPS) is 12.6. The molecular formula is C17H28N2O. The van der Waals surface area contributed by atoms with Gasteiger partial charge in [-0.05, 0) is 44.7 Å².